The molecule has 0 aliphatic heterocycles. The molecule has 0 unspecified atom stereocenters. The molecule has 1 rings (SSSR count). The molecule has 6 heteroatoms. The van der Waals surface area contributed by atoms with E-state index in [9.17, 15) is 9.59 Å². The smallest absolute Gasteiger partial charge is 0.341 e. The van der Waals surface area contributed by atoms with E-state index in [0.29, 0.717) is 24.5 Å². The van der Waals surface area contributed by atoms with Crippen molar-refractivity contribution in [2.45, 2.75) is 84.8 Å². The summed E-state index contributed by atoms with van der Waals surface area (Å²) in [7, 11) is 1.32. The maximum Gasteiger partial charge on any atom is 0.341 e. The molecular weight excluding hydrogens is 370 g/mol. The molecule has 0 aliphatic rings. The number of carbonyl (C=O) groups is 2. The first-order valence-corrected chi connectivity index (χ1v) is 10.7. The number of nitrogens with one attached hydrogen (secondary N) is 1. The first-order chi connectivity index (χ1) is 13.8. The summed E-state index contributed by atoms with van der Waals surface area (Å²) < 4.78 is 16.6. The summed E-state index contributed by atoms with van der Waals surface area (Å²) >= 11 is 0. The summed E-state index contributed by atoms with van der Waals surface area (Å²) in [6.07, 6.45) is 5.29. The highest BCUT2D eigenvalue weighted by atomic mass is 16.5. The number of unbranched alkanes of at least 4 members (excludes halogenated alkanes) is 2. The maximum absolute atomic E-state index is 13.0. The quantitative estimate of drug-likeness (QED) is 0.352. The number of carbonyl (C=O) groups excluding carboxylic acids is 2. The molecule has 2 atom stereocenters. The Morgan fingerprint density at radius 2 is 1.86 bits per heavy atom. The second-order valence-electron chi connectivity index (χ2n) is 7.53. The summed E-state index contributed by atoms with van der Waals surface area (Å²) in [6.45, 7) is 10.4. The summed E-state index contributed by atoms with van der Waals surface area (Å²) in [5, 5.41) is 2.90. The highest BCUT2D eigenvalue weighted by Crippen LogP contribution is 2.27. The number of hydrogen-bond acceptors (Lipinski definition) is 5. The van der Waals surface area contributed by atoms with E-state index >= 15 is 0 Å². The molecule has 1 aromatic rings. The van der Waals surface area contributed by atoms with E-state index in [1.54, 1.807) is 18.2 Å². The Bertz CT molecular complexity index is 661. The molecule has 1 N–H and O–H groups in total. The lowest BCUT2D eigenvalue weighted by Crippen LogP contribution is -2.43. The predicted molar refractivity (Wildman–Crippen MR) is 116 cm³/mol. The van der Waals surface area contributed by atoms with Gasteiger partial charge in [-0.15, -0.1) is 0 Å². The second-order valence-corrected chi connectivity index (χ2v) is 7.53. The molecule has 1 amide bonds. The number of amides is 1. The Morgan fingerprint density at radius 1 is 1.14 bits per heavy atom. The summed E-state index contributed by atoms with van der Waals surface area (Å²) in [5.41, 5.74) is -0.121. The van der Waals surface area contributed by atoms with Crippen LogP contribution in [-0.2, 0) is 14.3 Å². The van der Waals surface area contributed by atoms with Crippen LogP contribution in [0, 0.1) is 0 Å². The average molecular weight is 408 g/mol. The Morgan fingerprint density at radius 3 is 2.45 bits per heavy atom. The van der Waals surface area contributed by atoms with Gasteiger partial charge in [0.25, 0.3) is 5.91 Å². The van der Waals surface area contributed by atoms with E-state index < -0.39 is 11.6 Å². The standard InChI is InChI=1S/C23H37NO5/c1-7-10-11-14-23(5,28-15-8-2)22(26)24-18-12-13-20(29-17(4)9-3)19(16-18)21(25)27-6/h12-13,16-17H,7-11,14-15H2,1-6H3,(H,24,26)/t17-,23+/m0/s1. The molecule has 0 radical (unpaired) electrons. The topological polar surface area (TPSA) is 73.9 Å². The normalized spacial score (nSPS) is 14.0. The van der Waals surface area contributed by atoms with Crippen LogP contribution in [0.1, 0.15) is 83.5 Å². The molecule has 0 fully saturated rings. The minimum atomic E-state index is -0.914. The van der Waals surface area contributed by atoms with Gasteiger partial charge in [0.05, 0.1) is 13.2 Å². The molecule has 1 aromatic carbocycles. The van der Waals surface area contributed by atoms with E-state index in [2.05, 4.69) is 12.2 Å². The van der Waals surface area contributed by atoms with Crippen molar-refractivity contribution in [3.8, 4) is 5.75 Å². The zero-order chi connectivity index (χ0) is 21.9. The lowest BCUT2D eigenvalue weighted by molar-refractivity contribution is -0.140. The van der Waals surface area contributed by atoms with Gasteiger partial charge in [0, 0.05) is 12.3 Å². The monoisotopic (exact) mass is 407 g/mol. The fraction of sp³-hybridized carbons (Fsp3) is 0.652. The number of benzene rings is 1. The lowest BCUT2D eigenvalue weighted by atomic mass is 9.96. The molecular formula is C23H37NO5. The molecule has 0 bridgehead atoms. The Kier molecular flexibility index (Phi) is 10.7. The Balaban J connectivity index is 3.06. The molecule has 164 valence electrons. The summed E-state index contributed by atoms with van der Waals surface area (Å²) in [6, 6.07) is 5.01. The van der Waals surface area contributed by atoms with Crippen molar-refractivity contribution in [1.29, 1.82) is 0 Å². The minimum Gasteiger partial charge on any atom is -0.490 e. The number of ether oxygens (including phenoxy) is 3. The molecule has 0 aliphatic carbocycles. The average Bonchev–Trinajstić information content (AvgIpc) is 2.72. The molecule has 0 spiro atoms. The van der Waals surface area contributed by atoms with E-state index in [4.69, 9.17) is 14.2 Å². The van der Waals surface area contributed by atoms with Crippen LogP contribution in [0.4, 0.5) is 5.69 Å². The molecule has 0 aromatic heterocycles. The van der Waals surface area contributed by atoms with E-state index in [-0.39, 0.29) is 17.6 Å². The van der Waals surface area contributed by atoms with Gasteiger partial charge in [-0.2, -0.15) is 0 Å². The van der Waals surface area contributed by atoms with Gasteiger partial charge in [0.15, 0.2) is 0 Å². The minimum absolute atomic E-state index is 0.0388. The lowest BCUT2D eigenvalue weighted by Gasteiger charge is -2.29. The molecule has 6 nitrogen and oxygen atoms in total. The number of hydrogen-bond donors (Lipinski definition) is 1. The Labute approximate surface area is 175 Å². The van der Waals surface area contributed by atoms with Crippen LogP contribution in [0.15, 0.2) is 18.2 Å². The third-order valence-corrected chi connectivity index (χ3v) is 4.91. The van der Waals surface area contributed by atoms with Crippen LogP contribution in [-0.4, -0.2) is 37.3 Å². The zero-order valence-electron chi connectivity index (χ0n) is 18.8. The van der Waals surface area contributed by atoms with Crippen LogP contribution in [0.3, 0.4) is 0 Å². The van der Waals surface area contributed by atoms with Crippen LogP contribution in [0.2, 0.25) is 0 Å². The molecule has 0 saturated heterocycles. The number of anilines is 1. The largest absolute Gasteiger partial charge is 0.490 e. The SMILES string of the molecule is CCCCC[C@@](C)(OCCC)C(=O)Nc1ccc(O[C@@H](C)CC)c(C(=O)OC)c1. The van der Waals surface area contributed by atoms with Crippen LogP contribution in [0.25, 0.3) is 0 Å². The van der Waals surface area contributed by atoms with Crippen molar-refractivity contribution in [2.24, 2.45) is 0 Å². The first kappa shape index (κ1) is 25.0. The number of esters is 1. The highest BCUT2D eigenvalue weighted by Gasteiger charge is 2.33. The number of methoxy groups -OCH3 is 1. The van der Waals surface area contributed by atoms with Crippen molar-refractivity contribution in [1.82, 2.24) is 0 Å². The van der Waals surface area contributed by atoms with Gasteiger partial charge in [0.1, 0.15) is 16.9 Å². The number of rotatable bonds is 13. The third kappa shape index (κ3) is 7.69. The van der Waals surface area contributed by atoms with Crippen LogP contribution >= 0.6 is 0 Å². The van der Waals surface area contributed by atoms with Crippen molar-refractivity contribution in [3.05, 3.63) is 23.8 Å². The third-order valence-electron chi connectivity index (χ3n) is 4.91. The van der Waals surface area contributed by atoms with Gasteiger partial charge in [-0.1, -0.05) is 40.0 Å². The van der Waals surface area contributed by atoms with Gasteiger partial charge >= 0.3 is 5.97 Å². The fourth-order valence-corrected chi connectivity index (χ4v) is 2.83. The van der Waals surface area contributed by atoms with Crippen LogP contribution < -0.4 is 10.1 Å². The van der Waals surface area contributed by atoms with Crippen molar-refractivity contribution in [2.75, 3.05) is 19.0 Å². The van der Waals surface area contributed by atoms with Gasteiger partial charge < -0.3 is 19.5 Å². The van der Waals surface area contributed by atoms with Gasteiger partial charge in [-0.3, -0.25) is 4.79 Å². The summed E-state index contributed by atoms with van der Waals surface area (Å²) in [5.74, 6) is -0.280. The van der Waals surface area contributed by atoms with Gasteiger partial charge in [-0.25, -0.2) is 4.79 Å². The van der Waals surface area contributed by atoms with Crippen molar-refractivity contribution < 1.29 is 23.8 Å². The Hall–Kier alpha value is -2.08. The van der Waals surface area contributed by atoms with Crippen molar-refractivity contribution in [3.63, 3.8) is 0 Å². The molecule has 0 saturated carbocycles. The fourth-order valence-electron chi connectivity index (χ4n) is 2.83. The second kappa shape index (κ2) is 12.5. The van der Waals surface area contributed by atoms with Gasteiger partial charge in [-0.05, 0) is 51.3 Å². The molecule has 0 heterocycles. The maximum atomic E-state index is 13.0. The summed E-state index contributed by atoms with van der Waals surface area (Å²) in [4.78, 5) is 25.2. The van der Waals surface area contributed by atoms with E-state index in [1.807, 2.05) is 27.7 Å². The van der Waals surface area contributed by atoms with Crippen LogP contribution in [0.5, 0.6) is 5.75 Å². The molecule has 29 heavy (non-hydrogen) atoms. The van der Waals surface area contributed by atoms with E-state index in [0.717, 1.165) is 32.1 Å². The zero-order valence-corrected chi connectivity index (χ0v) is 18.8. The first-order valence-electron chi connectivity index (χ1n) is 10.7. The van der Waals surface area contributed by atoms with Crippen molar-refractivity contribution >= 4 is 17.6 Å². The van der Waals surface area contributed by atoms with E-state index in [1.165, 1.54) is 7.11 Å². The predicted octanol–water partition coefficient (Wildman–Crippen LogP) is 5.35. The highest BCUT2D eigenvalue weighted by molar-refractivity contribution is 5.99. The van der Waals surface area contributed by atoms with Gasteiger partial charge in [0.2, 0.25) is 0 Å².